The fourth-order valence-corrected chi connectivity index (χ4v) is 1.95. The number of hydrogen-bond donors (Lipinski definition) is 2. The van der Waals surface area contributed by atoms with Crippen LogP contribution >= 0.6 is 15.9 Å². The molecule has 0 radical (unpaired) electrons. The molecule has 4 nitrogen and oxygen atoms in total. The molecule has 23 heavy (non-hydrogen) atoms. The first-order valence-corrected chi connectivity index (χ1v) is 6.91. The molecule has 122 valence electrons. The van der Waals surface area contributed by atoms with Crippen molar-refractivity contribution >= 4 is 33.3 Å². The van der Waals surface area contributed by atoms with Gasteiger partial charge in [0, 0.05) is 10.2 Å². The highest BCUT2D eigenvalue weighted by Crippen LogP contribution is 2.24. The molecule has 0 atom stereocenters. The van der Waals surface area contributed by atoms with E-state index < -0.39 is 24.0 Å². The van der Waals surface area contributed by atoms with Crippen LogP contribution in [0.25, 0.3) is 0 Å². The van der Waals surface area contributed by atoms with Crippen LogP contribution in [0, 0.1) is 5.82 Å². The van der Waals surface area contributed by atoms with E-state index in [1.165, 1.54) is 24.3 Å². The summed E-state index contributed by atoms with van der Waals surface area (Å²) in [4.78, 5) is 11.7. The third-order valence-electron chi connectivity index (χ3n) is 2.53. The summed E-state index contributed by atoms with van der Waals surface area (Å²) in [6, 6.07) is 7.87. The number of halogens is 5. The number of amides is 2. The number of carbonyl (C=O) groups excluding carboxylic acids is 1. The molecule has 0 unspecified atom stereocenters. The van der Waals surface area contributed by atoms with Crippen molar-refractivity contribution in [3.05, 3.63) is 52.8 Å². The van der Waals surface area contributed by atoms with Crippen LogP contribution in [-0.2, 0) is 0 Å². The Labute approximate surface area is 136 Å². The average molecular weight is 393 g/mol. The standard InChI is InChI=1S/C14H9BrF4N2O2/c15-8-1-6-12(11(16)7-8)21-13(22)20-9-2-4-10(5-3-9)23-14(17,18)19/h1-7H,(H2,20,21,22). The summed E-state index contributed by atoms with van der Waals surface area (Å²) in [5, 5.41) is 4.64. The van der Waals surface area contributed by atoms with Gasteiger partial charge in [0.15, 0.2) is 0 Å². The van der Waals surface area contributed by atoms with Crippen LogP contribution in [0.3, 0.4) is 0 Å². The minimum absolute atomic E-state index is 0.0391. The van der Waals surface area contributed by atoms with Crippen LogP contribution in [0.5, 0.6) is 5.75 Å². The van der Waals surface area contributed by atoms with E-state index in [-0.39, 0.29) is 11.4 Å². The maximum absolute atomic E-state index is 13.6. The molecule has 9 heteroatoms. The first kappa shape index (κ1) is 17.1. The normalized spacial score (nSPS) is 11.0. The minimum atomic E-state index is -4.79. The zero-order valence-electron chi connectivity index (χ0n) is 11.2. The number of carbonyl (C=O) groups is 1. The smallest absolute Gasteiger partial charge is 0.406 e. The van der Waals surface area contributed by atoms with Gasteiger partial charge in [0.2, 0.25) is 0 Å². The van der Waals surface area contributed by atoms with Crippen LogP contribution in [0.15, 0.2) is 46.9 Å². The van der Waals surface area contributed by atoms with Crippen LogP contribution < -0.4 is 15.4 Å². The van der Waals surface area contributed by atoms with Gasteiger partial charge in [-0.05, 0) is 42.5 Å². The summed E-state index contributed by atoms with van der Waals surface area (Å²) in [6.07, 6.45) is -4.79. The van der Waals surface area contributed by atoms with E-state index in [1.54, 1.807) is 6.07 Å². The Morgan fingerprint density at radius 2 is 1.70 bits per heavy atom. The SMILES string of the molecule is O=C(Nc1ccc(OC(F)(F)F)cc1)Nc1ccc(Br)cc1F. The number of anilines is 2. The van der Waals surface area contributed by atoms with E-state index in [2.05, 4.69) is 31.3 Å². The molecule has 0 spiro atoms. The second-order valence-corrected chi connectivity index (χ2v) is 5.19. The first-order chi connectivity index (χ1) is 10.7. The van der Waals surface area contributed by atoms with Gasteiger partial charge in [-0.3, -0.25) is 0 Å². The molecule has 0 aliphatic rings. The van der Waals surface area contributed by atoms with Crippen LogP contribution in [0.2, 0.25) is 0 Å². The fraction of sp³-hybridized carbons (Fsp3) is 0.0714. The molecular formula is C14H9BrF4N2O2. The molecule has 0 heterocycles. The highest BCUT2D eigenvalue weighted by molar-refractivity contribution is 9.10. The van der Waals surface area contributed by atoms with Crippen molar-refractivity contribution in [3.63, 3.8) is 0 Å². The molecule has 2 aromatic carbocycles. The van der Waals surface area contributed by atoms with Gasteiger partial charge in [0.05, 0.1) is 5.69 Å². The molecule has 2 amide bonds. The van der Waals surface area contributed by atoms with E-state index >= 15 is 0 Å². The summed E-state index contributed by atoms with van der Waals surface area (Å²) in [7, 11) is 0. The molecule has 0 bridgehead atoms. The lowest BCUT2D eigenvalue weighted by Crippen LogP contribution is -2.20. The Morgan fingerprint density at radius 1 is 1.04 bits per heavy atom. The van der Waals surface area contributed by atoms with Crippen molar-refractivity contribution in [1.82, 2.24) is 0 Å². The Hall–Kier alpha value is -2.29. The number of benzene rings is 2. The van der Waals surface area contributed by atoms with Crippen molar-refractivity contribution in [2.75, 3.05) is 10.6 Å². The lowest BCUT2D eigenvalue weighted by Gasteiger charge is -2.11. The molecule has 0 saturated heterocycles. The summed E-state index contributed by atoms with van der Waals surface area (Å²) in [6.45, 7) is 0. The number of hydrogen-bond acceptors (Lipinski definition) is 2. The van der Waals surface area contributed by atoms with E-state index in [1.807, 2.05) is 0 Å². The van der Waals surface area contributed by atoms with Gasteiger partial charge in [0.1, 0.15) is 11.6 Å². The molecule has 0 aromatic heterocycles. The Morgan fingerprint density at radius 3 is 2.26 bits per heavy atom. The molecule has 0 saturated carbocycles. The zero-order valence-corrected chi connectivity index (χ0v) is 12.8. The van der Waals surface area contributed by atoms with Crippen molar-refractivity contribution in [1.29, 1.82) is 0 Å². The van der Waals surface area contributed by atoms with Gasteiger partial charge in [-0.15, -0.1) is 13.2 Å². The van der Waals surface area contributed by atoms with E-state index in [0.717, 1.165) is 12.1 Å². The number of alkyl halides is 3. The molecule has 0 aliphatic heterocycles. The Balaban J connectivity index is 1.97. The Bertz CT molecular complexity index is 705. The van der Waals surface area contributed by atoms with Crippen molar-refractivity contribution in [2.45, 2.75) is 6.36 Å². The monoisotopic (exact) mass is 392 g/mol. The maximum atomic E-state index is 13.6. The van der Waals surface area contributed by atoms with Crippen molar-refractivity contribution < 1.29 is 27.1 Å². The minimum Gasteiger partial charge on any atom is -0.406 e. The number of ether oxygens (including phenoxy) is 1. The van der Waals surface area contributed by atoms with Crippen molar-refractivity contribution in [3.8, 4) is 5.75 Å². The third kappa shape index (κ3) is 5.44. The average Bonchev–Trinajstić information content (AvgIpc) is 2.42. The van der Waals surface area contributed by atoms with Gasteiger partial charge in [-0.2, -0.15) is 0 Å². The third-order valence-corrected chi connectivity index (χ3v) is 3.02. The second-order valence-electron chi connectivity index (χ2n) is 4.28. The van der Waals surface area contributed by atoms with E-state index in [9.17, 15) is 22.4 Å². The predicted octanol–water partition coefficient (Wildman–Crippen LogP) is 5.13. The number of nitrogens with one attached hydrogen (secondary N) is 2. The highest BCUT2D eigenvalue weighted by atomic mass is 79.9. The second kappa shape index (κ2) is 6.86. The van der Waals surface area contributed by atoms with Crippen LogP contribution in [0.4, 0.5) is 33.7 Å². The first-order valence-electron chi connectivity index (χ1n) is 6.12. The molecule has 2 aromatic rings. The largest absolute Gasteiger partial charge is 0.573 e. The van der Waals surface area contributed by atoms with E-state index in [4.69, 9.17) is 0 Å². The highest BCUT2D eigenvalue weighted by Gasteiger charge is 2.30. The quantitative estimate of drug-likeness (QED) is 0.711. The van der Waals surface area contributed by atoms with Gasteiger partial charge < -0.3 is 15.4 Å². The summed E-state index contributed by atoms with van der Waals surface area (Å²) < 4.78 is 53.8. The lowest BCUT2D eigenvalue weighted by molar-refractivity contribution is -0.274. The molecular weight excluding hydrogens is 384 g/mol. The van der Waals surface area contributed by atoms with Gasteiger partial charge in [-0.25, -0.2) is 9.18 Å². The summed E-state index contributed by atoms with van der Waals surface area (Å²) in [5.41, 5.74) is 0.178. The topological polar surface area (TPSA) is 50.4 Å². The maximum Gasteiger partial charge on any atom is 0.573 e. The molecule has 0 fully saturated rings. The molecule has 2 rings (SSSR count). The zero-order chi connectivity index (χ0) is 17.0. The van der Waals surface area contributed by atoms with E-state index in [0.29, 0.717) is 4.47 Å². The summed E-state index contributed by atoms with van der Waals surface area (Å²) >= 11 is 3.08. The van der Waals surface area contributed by atoms with Gasteiger partial charge >= 0.3 is 12.4 Å². The number of rotatable bonds is 3. The molecule has 2 N–H and O–H groups in total. The predicted molar refractivity (Wildman–Crippen MR) is 79.9 cm³/mol. The fourth-order valence-electron chi connectivity index (χ4n) is 1.62. The number of urea groups is 1. The lowest BCUT2D eigenvalue weighted by atomic mass is 10.3. The van der Waals surface area contributed by atoms with Crippen LogP contribution in [0.1, 0.15) is 0 Å². The Kier molecular flexibility index (Phi) is 5.09. The van der Waals surface area contributed by atoms with Gasteiger partial charge in [-0.1, -0.05) is 15.9 Å². The van der Waals surface area contributed by atoms with Crippen LogP contribution in [-0.4, -0.2) is 12.4 Å². The van der Waals surface area contributed by atoms with Crippen molar-refractivity contribution in [2.24, 2.45) is 0 Å². The molecule has 0 aliphatic carbocycles. The van der Waals surface area contributed by atoms with Gasteiger partial charge in [0.25, 0.3) is 0 Å². The summed E-state index contributed by atoms with van der Waals surface area (Å²) in [5.74, 6) is -1.05.